The lowest BCUT2D eigenvalue weighted by atomic mass is 10.1. The second-order valence-electron chi connectivity index (χ2n) is 4.90. The average Bonchev–Trinajstić information content (AvgIpc) is 2.86. The largest absolute Gasteiger partial charge is 0.321 e. The van der Waals surface area contributed by atoms with Crippen LogP contribution in [-0.4, -0.2) is 34.0 Å². The molecule has 3 rings (SSSR count). The van der Waals surface area contributed by atoms with Crippen molar-refractivity contribution in [3.8, 4) is 0 Å². The molecular weight excluding hydrogens is 254 g/mol. The van der Waals surface area contributed by atoms with Crippen molar-refractivity contribution < 1.29 is 4.79 Å². The molecule has 6 heteroatoms. The summed E-state index contributed by atoms with van der Waals surface area (Å²) in [6.45, 7) is 3.84. The molecule has 2 aromatic rings. The standard InChI is InChI=1S/C14H17N5O/c1-2-10-4-3-5-11(6-10)16-14(20)13-9-19(18-17-13)12-7-15-8-12/h3-6,9,12,15H,2,7-8H2,1H3,(H,16,20). The molecule has 104 valence electrons. The summed E-state index contributed by atoms with van der Waals surface area (Å²) in [5, 5.41) is 13.9. The van der Waals surface area contributed by atoms with E-state index in [2.05, 4.69) is 27.9 Å². The number of aryl methyl sites for hydroxylation is 1. The Kier molecular flexibility index (Phi) is 3.47. The fraction of sp³-hybridized carbons (Fsp3) is 0.357. The highest BCUT2D eigenvalue weighted by atomic mass is 16.2. The number of benzene rings is 1. The molecule has 2 N–H and O–H groups in total. The average molecular weight is 271 g/mol. The fourth-order valence-corrected chi connectivity index (χ4v) is 2.08. The number of anilines is 1. The lowest BCUT2D eigenvalue weighted by Crippen LogP contribution is -2.43. The Hall–Kier alpha value is -2.21. The van der Waals surface area contributed by atoms with E-state index < -0.39 is 0 Å². The minimum absolute atomic E-state index is 0.225. The smallest absolute Gasteiger partial charge is 0.277 e. The van der Waals surface area contributed by atoms with Gasteiger partial charge in [-0.05, 0) is 24.1 Å². The molecule has 20 heavy (non-hydrogen) atoms. The van der Waals surface area contributed by atoms with E-state index in [1.165, 1.54) is 5.56 Å². The van der Waals surface area contributed by atoms with E-state index >= 15 is 0 Å². The van der Waals surface area contributed by atoms with Gasteiger partial charge in [-0.3, -0.25) is 4.79 Å². The van der Waals surface area contributed by atoms with Crippen molar-refractivity contribution in [3.63, 3.8) is 0 Å². The molecule has 0 spiro atoms. The van der Waals surface area contributed by atoms with Crippen LogP contribution in [0.15, 0.2) is 30.5 Å². The van der Waals surface area contributed by atoms with Crippen molar-refractivity contribution in [3.05, 3.63) is 41.7 Å². The van der Waals surface area contributed by atoms with Crippen LogP contribution in [-0.2, 0) is 6.42 Å². The number of carbonyl (C=O) groups excluding carboxylic acids is 1. The predicted molar refractivity (Wildman–Crippen MR) is 75.7 cm³/mol. The number of nitrogens with zero attached hydrogens (tertiary/aromatic N) is 3. The molecular formula is C14H17N5O. The number of amides is 1. The molecule has 1 aromatic heterocycles. The second kappa shape index (κ2) is 5.42. The number of carbonyl (C=O) groups is 1. The Morgan fingerprint density at radius 1 is 1.50 bits per heavy atom. The Labute approximate surface area is 117 Å². The molecule has 0 radical (unpaired) electrons. The van der Waals surface area contributed by atoms with Crippen molar-refractivity contribution >= 4 is 11.6 Å². The summed E-state index contributed by atoms with van der Waals surface area (Å²) in [5.41, 5.74) is 2.32. The summed E-state index contributed by atoms with van der Waals surface area (Å²) in [6.07, 6.45) is 2.64. The van der Waals surface area contributed by atoms with E-state index in [1.54, 1.807) is 10.9 Å². The highest BCUT2D eigenvalue weighted by Crippen LogP contribution is 2.13. The van der Waals surface area contributed by atoms with Crippen molar-refractivity contribution in [1.29, 1.82) is 0 Å². The third-order valence-electron chi connectivity index (χ3n) is 3.47. The van der Waals surface area contributed by atoms with Gasteiger partial charge in [0.05, 0.1) is 12.2 Å². The van der Waals surface area contributed by atoms with Gasteiger partial charge in [-0.1, -0.05) is 24.3 Å². The van der Waals surface area contributed by atoms with Gasteiger partial charge < -0.3 is 10.6 Å². The van der Waals surface area contributed by atoms with E-state index in [9.17, 15) is 4.79 Å². The second-order valence-corrected chi connectivity index (χ2v) is 4.90. The van der Waals surface area contributed by atoms with Crippen molar-refractivity contribution in [2.24, 2.45) is 0 Å². The van der Waals surface area contributed by atoms with Crippen LogP contribution in [0, 0.1) is 0 Å². The topological polar surface area (TPSA) is 71.8 Å². The molecule has 0 atom stereocenters. The molecule has 1 amide bonds. The molecule has 0 unspecified atom stereocenters. The van der Waals surface area contributed by atoms with Crippen LogP contribution >= 0.6 is 0 Å². The number of nitrogens with one attached hydrogen (secondary N) is 2. The van der Waals surface area contributed by atoms with E-state index in [4.69, 9.17) is 0 Å². The minimum atomic E-state index is -0.225. The first kappa shape index (κ1) is 12.8. The van der Waals surface area contributed by atoms with Gasteiger partial charge in [0.1, 0.15) is 0 Å². The first-order chi connectivity index (χ1) is 9.76. The summed E-state index contributed by atoms with van der Waals surface area (Å²) in [6, 6.07) is 8.13. The zero-order valence-corrected chi connectivity index (χ0v) is 11.3. The number of rotatable bonds is 4. The molecule has 1 fully saturated rings. The monoisotopic (exact) mass is 271 g/mol. The van der Waals surface area contributed by atoms with Gasteiger partial charge in [0.2, 0.25) is 0 Å². The summed E-state index contributed by atoms with van der Waals surface area (Å²) < 4.78 is 1.74. The highest BCUT2D eigenvalue weighted by Gasteiger charge is 2.21. The third-order valence-corrected chi connectivity index (χ3v) is 3.47. The van der Waals surface area contributed by atoms with Gasteiger partial charge in [-0.15, -0.1) is 5.10 Å². The summed E-state index contributed by atoms with van der Waals surface area (Å²) in [4.78, 5) is 12.1. The Bertz CT molecular complexity index is 618. The molecule has 1 aliphatic rings. The van der Waals surface area contributed by atoms with Gasteiger partial charge in [0.15, 0.2) is 5.69 Å². The van der Waals surface area contributed by atoms with Gasteiger partial charge in [-0.25, -0.2) is 4.68 Å². The van der Waals surface area contributed by atoms with Gasteiger partial charge in [-0.2, -0.15) is 0 Å². The zero-order valence-electron chi connectivity index (χ0n) is 11.3. The van der Waals surface area contributed by atoms with Crippen LogP contribution in [0.5, 0.6) is 0 Å². The first-order valence-corrected chi connectivity index (χ1v) is 6.79. The SMILES string of the molecule is CCc1cccc(NC(=O)c2cn(C3CNC3)nn2)c1. The maximum atomic E-state index is 12.1. The Balaban J connectivity index is 1.70. The third kappa shape index (κ3) is 2.55. The van der Waals surface area contributed by atoms with Gasteiger partial charge in [0.25, 0.3) is 5.91 Å². The summed E-state index contributed by atoms with van der Waals surface area (Å²) in [7, 11) is 0. The fourth-order valence-electron chi connectivity index (χ4n) is 2.08. The van der Waals surface area contributed by atoms with E-state index in [0.717, 1.165) is 25.2 Å². The van der Waals surface area contributed by atoms with E-state index in [0.29, 0.717) is 11.7 Å². The Morgan fingerprint density at radius 2 is 2.35 bits per heavy atom. The van der Waals surface area contributed by atoms with Crippen LogP contribution < -0.4 is 10.6 Å². The number of hydrogen-bond acceptors (Lipinski definition) is 4. The number of hydrogen-bond donors (Lipinski definition) is 2. The van der Waals surface area contributed by atoms with Crippen molar-refractivity contribution in [2.45, 2.75) is 19.4 Å². The lowest BCUT2D eigenvalue weighted by Gasteiger charge is -2.26. The van der Waals surface area contributed by atoms with Crippen LogP contribution in [0.3, 0.4) is 0 Å². The molecule has 0 aliphatic carbocycles. The molecule has 1 aliphatic heterocycles. The Morgan fingerprint density at radius 3 is 3.05 bits per heavy atom. The zero-order chi connectivity index (χ0) is 13.9. The van der Waals surface area contributed by atoms with Crippen LogP contribution in [0.25, 0.3) is 0 Å². The summed E-state index contributed by atoms with van der Waals surface area (Å²) >= 11 is 0. The highest BCUT2D eigenvalue weighted by molar-refractivity contribution is 6.02. The quantitative estimate of drug-likeness (QED) is 0.877. The van der Waals surface area contributed by atoms with Crippen LogP contribution in [0.4, 0.5) is 5.69 Å². The molecule has 2 heterocycles. The molecule has 1 saturated heterocycles. The molecule has 1 aromatic carbocycles. The van der Waals surface area contributed by atoms with Crippen molar-refractivity contribution in [2.75, 3.05) is 18.4 Å². The molecule has 0 bridgehead atoms. The van der Waals surface area contributed by atoms with Crippen LogP contribution in [0.1, 0.15) is 29.0 Å². The van der Waals surface area contributed by atoms with Gasteiger partial charge in [0, 0.05) is 18.8 Å². The molecule has 0 saturated carbocycles. The number of aromatic nitrogens is 3. The van der Waals surface area contributed by atoms with E-state index in [1.807, 2.05) is 24.3 Å². The maximum Gasteiger partial charge on any atom is 0.277 e. The lowest BCUT2D eigenvalue weighted by molar-refractivity contribution is 0.102. The van der Waals surface area contributed by atoms with Crippen molar-refractivity contribution in [1.82, 2.24) is 20.3 Å². The summed E-state index contributed by atoms with van der Waals surface area (Å²) in [5.74, 6) is -0.225. The van der Waals surface area contributed by atoms with Gasteiger partial charge >= 0.3 is 0 Å². The molecule has 6 nitrogen and oxygen atoms in total. The van der Waals surface area contributed by atoms with Crippen LogP contribution in [0.2, 0.25) is 0 Å². The minimum Gasteiger partial charge on any atom is -0.321 e. The first-order valence-electron chi connectivity index (χ1n) is 6.79. The van der Waals surface area contributed by atoms with E-state index in [-0.39, 0.29) is 5.91 Å². The normalized spacial score (nSPS) is 14.8. The maximum absolute atomic E-state index is 12.1. The predicted octanol–water partition coefficient (Wildman–Crippen LogP) is 1.24.